The Morgan fingerprint density at radius 3 is 2.53 bits per heavy atom. The summed E-state index contributed by atoms with van der Waals surface area (Å²) in [5.41, 5.74) is 3.43. The molecule has 2 aromatic carbocycles. The maximum absolute atomic E-state index is 13.8. The number of rotatable bonds is 5. The number of pyridine rings is 1. The van der Waals surface area contributed by atoms with Crippen molar-refractivity contribution in [1.29, 1.82) is 0 Å². The van der Waals surface area contributed by atoms with Gasteiger partial charge in [0.1, 0.15) is 5.82 Å². The van der Waals surface area contributed by atoms with E-state index in [2.05, 4.69) is 15.4 Å². The zero-order chi connectivity index (χ0) is 21.3. The van der Waals surface area contributed by atoms with E-state index in [-0.39, 0.29) is 5.69 Å². The van der Waals surface area contributed by atoms with Crippen LogP contribution in [0.15, 0.2) is 60.7 Å². The monoisotopic (exact) mass is 404 g/mol. The first-order valence-corrected chi connectivity index (χ1v) is 9.58. The summed E-state index contributed by atoms with van der Waals surface area (Å²) in [5.74, 6) is -0.670. The van der Waals surface area contributed by atoms with Crippen LogP contribution in [0.3, 0.4) is 0 Å². The molecule has 152 valence electrons. The average Bonchev–Trinajstić information content (AvgIpc) is 3.07. The minimum absolute atomic E-state index is 0.107. The van der Waals surface area contributed by atoms with Crippen LogP contribution in [0.2, 0.25) is 0 Å². The molecule has 0 spiro atoms. The Hall–Kier alpha value is -3.74. The molecule has 1 N–H and O–H groups in total. The summed E-state index contributed by atoms with van der Waals surface area (Å²) in [6.45, 7) is 5.48. The predicted molar refractivity (Wildman–Crippen MR) is 113 cm³/mol. The molecular weight excluding hydrogens is 383 g/mol. The van der Waals surface area contributed by atoms with Crippen molar-refractivity contribution < 1.29 is 13.9 Å². The van der Waals surface area contributed by atoms with Gasteiger partial charge in [-0.15, -0.1) is 0 Å². The van der Waals surface area contributed by atoms with Crippen molar-refractivity contribution >= 4 is 22.6 Å². The van der Waals surface area contributed by atoms with Gasteiger partial charge in [0.25, 0.3) is 5.91 Å². The molecule has 0 aliphatic rings. The Morgan fingerprint density at radius 1 is 1.10 bits per heavy atom. The Labute approximate surface area is 173 Å². The van der Waals surface area contributed by atoms with Gasteiger partial charge >= 0.3 is 0 Å². The number of aryl methyl sites for hydroxylation is 2. The van der Waals surface area contributed by atoms with Gasteiger partial charge in [-0.1, -0.05) is 30.3 Å². The number of halogens is 1. The summed E-state index contributed by atoms with van der Waals surface area (Å²) in [6, 6.07) is 17.5. The summed E-state index contributed by atoms with van der Waals surface area (Å²) >= 11 is 0. The quantitative estimate of drug-likeness (QED) is 0.529. The first kappa shape index (κ1) is 19.6. The number of amides is 1. The lowest BCUT2D eigenvalue weighted by molar-refractivity contribution is -0.122. The molecule has 0 radical (unpaired) electrons. The number of para-hydroxylation sites is 2. The SMILES string of the molecule is Cc1cc(O[C@H](C)C(=O)Nc2ccccc2F)nc2c1c(C)nn2-c1ccccc1. The molecule has 0 bridgehead atoms. The number of nitrogens with zero attached hydrogens (tertiary/aromatic N) is 3. The minimum atomic E-state index is -0.872. The van der Waals surface area contributed by atoms with E-state index in [1.54, 1.807) is 29.8 Å². The zero-order valence-electron chi connectivity index (χ0n) is 16.9. The number of fused-ring (bicyclic) bond motifs is 1. The Balaban J connectivity index is 1.63. The predicted octanol–water partition coefficient (Wildman–Crippen LogP) is 4.58. The van der Waals surface area contributed by atoms with Gasteiger partial charge in [-0.25, -0.2) is 9.07 Å². The van der Waals surface area contributed by atoms with Crippen LogP contribution in [0.1, 0.15) is 18.2 Å². The third-order valence-corrected chi connectivity index (χ3v) is 4.79. The van der Waals surface area contributed by atoms with Crippen LogP contribution in [0.25, 0.3) is 16.7 Å². The van der Waals surface area contributed by atoms with Crippen LogP contribution in [-0.4, -0.2) is 26.8 Å². The molecule has 30 heavy (non-hydrogen) atoms. The molecule has 2 aromatic heterocycles. The highest BCUT2D eigenvalue weighted by Crippen LogP contribution is 2.27. The first-order valence-electron chi connectivity index (χ1n) is 9.58. The van der Waals surface area contributed by atoms with Crippen molar-refractivity contribution in [3.05, 3.63) is 77.7 Å². The lowest BCUT2D eigenvalue weighted by atomic mass is 10.1. The molecule has 2 heterocycles. The second kappa shape index (κ2) is 7.94. The number of ether oxygens (including phenoxy) is 1. The fourth-order valence-corrected chi connectivity index (χ4v) is 3.32. The molecule has 4 rings (SSSR count). The molecule has 1 amide bonds. The van der Waals surface area contributed by atoms with Crippen LogP contribution in [0.5, 0.6) is 5.88 Å². The molecule has 1 atom stereocenters. The number of hydrogen-bond donors (Lipinski definition) is 1. The fourth-order valence-electron chi connectivity index (χ4n) is 3.32. The van der Waals surface area contributed by atoms with Gasteiger partial charge < -0.3 is 10.1 Å². The van der Waals surface area contributed by atoms with E-state index in [1.165, 1.54) is 12.1 Å². The van der Waals surface area contributed by atoms with Crippen LogP contribution in [0, 0.1) is 19.7 Å². The summed E-state index contributed by atoms with van der Waals surface area (Å²) in [5, 5.41) is 8.10. The van der Waals surface area contributed by atoms with E-state index in [9.17, 15) is 9.18 Å². The number of benzene rings is 2. The van der Waals surface area contributed by atoms with Gasteiger partial charge in [-0.3, -0.25) is 4.79 Å². The summed E-state index contributed by atoms with van der Waals surface area (Å²) in [4.78, 5) is 17.1. The number of aromatic nitrogens is 3. The van der Waals surface area contributed by atoms with Gasteiger partial charge in [0.05, 0.1) is 17.1 Å². The highest BCUT2D eigenvalue weighted by molar-refractivity contribution is 5.94. The number of hydrogen-bond acceptors (Lipinski definition) is 4. The Bertz CT molecular complexity index is 1220. The third-order valence-electron chi connectivity index (χ3n) is 4.79. The van der Waals surface area contributed by atoms with Gasteiger partial charge in [-0.05, 0) is 50.6 Å². The van der Waals surface area contributed by atoms with Crippen LogP contribution in [0.4, 0.5) is 10.1 Å². The Kier molecular flexibility index (Phi) is 5.18. The van der Waals surface area contributed by atoms with Crippen molar-refractivity contribution in [2.24, 2.45) is 0 Å². The van der Waals surface area contributed by atoms with Crippen molar-refractivity contribution in [3.8, 4) is 11.6 Å². The first-order chi connectivity index (χ1) is 14.4. The number of carbonyl (C=O) groups is 1. The zero-order valence-corrected chi connectivity index (χ0v) is 16.9. The number of anilines is 1. The lowest BCUT2D eigenvalue weighted by Crippen LogP contribution is -2.30. The van der Waals surface area contributed by atoms with Crippen molar-refractivity contribution in [1.82, 2.24) is 14.8 Å². The maximum atomic E-state index is 13.8. The average molecular weight is 404 g/mol. The standard InChI is InChI=1S/C23H21FN4O2/c1-14-13-20(30-16(3)23(29)25-19-12-8-7-11-18(19)24)26-22-21(14)15(2)27-28(22)17-9-5-4-6-10-17/h4-13,16H,1-3H3,(H,25,29)/t16-/m1/s1. The summed E-state index contributed by atoms with van der Waals surface area (Å²) < 4.78 is 21.3. The molecule has 0 saturated carbocycles. The van der Waals surface area contributed by atoms with E-state index < -0.39 is 17.8 Å². The van der Waals surface area contributed by atoms with Gasteiger partial charge in [0.15, 0.2) is 11.8 Å². The van der Waals surface area contributed by atoms with E-state index in [4.69, 9.17) is 4.74 Å². The molecule has 0 saturated heterocycles. The highest BCUT2D eigenvalue weighted by atomic mass is 19.1. The van der Waals surface area contributed by atoms with Gasteiger partial charge in [-0.2, -0.15) is 10.1 Å². The van der Waals surface area contributed by atoms with Crippen LogP contribution in [-0.2, 0) is 4.79 Å². The molecular formula is C23H21FN4O2. The number of nitrogens with one attached hydrogen (secondary N) is 1. The third kappa shape index (κ3) is 3.74. The van der Waals surface area contributed by atoms with E-state index >= 15 is 0 Å². The number of carbonyl (C=O) groups excluding carboxylic acids is 1. The molecule has 0 unspecified atom stereocenters. The molecule has 6 nitrogen and oxygen atoms in total. The topological polar surface area (TPSA) is 69.0 Å². The van der Waals surface area contributed by atoms with E-state index in [1.807, 2.05) is 44.2 Å². The Morgan fingerprint density at radius 2 is 1.80 bits per heavy atom. The molecule has 4 aromatic rings. The van der Waals surface area contributed by atoms with Crippen LogP contribution < -0.4 is 10.1 Å². The van der Waals surface area contributed by atoms with Gasteiger partial charge in [0, 0.05) is 11.5 Å². The normalized spacial score (nSPS) is 12.0. The summed E-state index contributed by atoms with van der Waals surface area (Å²) in [7, 11) is 0. The van der Waals surface area contributed by atoms with E-state index in [0.717, 1.165) is 22.3 Å². The second-order valence-electron chi connectivity index (χ2n) is 7.04. The summed E-state index contributed by atoms with van der Waals surface area (Å²) in [6.07, 6.45) is -0.872. The molecule has 0 aliphatic carbocycles. The molecule has 0 fully saturated rings. The molecule has 0 aliphatic heterocycles. The highest BCUT2D eigenvalue weighted by Gasteiger charge is 2.20. The van der Waals surface area contributed by atoms with Crippen molar-refractivity contribution in [2.45, 2.75) is 26.9 Å². The smallest absolute Gasteiger partial charge is 0.265 e. The molecule has 7 heteroatoms. The van der Waals surface area contributed by atoms with E-state index in [0.29, 0.717) is 11.5 Å². The van der Waals surface area contributed by atoms with Gasteiger partial charge in [0.2, 0.25) is 5.88 Å². The minimum Gasteiger partial charge on any atom is -0.464 e. The van der Waals surface area contributed by atoms with Crippen molar-refractivity contribution in [2.75, 3.05) is 5.32 Å². The van der Waals surface area contributed by atoms with Crippen molar-refractivity contribution in [3.63, 3.8) is 0 Å². The second-order valence-corrected chi connectivity index (χ2v) is 7.04. The van der Waals surface area contributed by atoms with Crippen LogP contribution >= 0.6 is 0 Å². The largest absolute Gasteiger partial charge is 0.464 e. The lowest BCUT2D eigenvalue weighted by Gasteiger charge is -2.15. The fraction of sp³-hybridized carbons (Fsp3) is 0.174. The maximum Gasteiger partial charge on any atom is 0.265 e.